The van der Waals surface area contributed by atoms with Gasteiger partial charge in [0.2, 0.25) is 0 Å². The van der Waals surface area contributed by atoms with Gasteiger partial charge in [-0.1, -0.05) is 116 Å². The molecule has 0 saturated carbocycles. The van der Waals surface area contributed by atoms with Crippen molar-refractivity contribution < 1.29 is 0 Å². The summed E-state index contributed by atoms with van der Waals surface area (Å²) in [5.41, 5.74) is 0. The van der Waals surface area contributed by atoms with Crippen molar-refractivity contribution in [2.45, 2.75) is 116 Å². The van der Waals surface area contributed by atoms with Crippen LogP contribution in [0.4, 0.5) is 0 Å². The third-order valence-corrected chi connectivity index (χ3v) is 4.81. The average Bonchev–Trinajstić information content (AvgIpc) is 2.55. The van der Waals surface area contributed by atoms with E-state index in [1.165, 1.54) is 96.3 Å². The number of unbranched alkanes of at least 4 members (excludes halogenated alkanes) is 12. The van der Waals surface area contributed by atoms with E-state index in [0.29, 0.717) is 0 Å². The highest BCUT2D eigenvalue weighted by Crippen LogP contribution is 2.17. The van der Waals surface area contributed by atoms with Crippen LogP contribution in [0.25, 0.3) is 0 Å². The topological polar surface area (TPSA) is 0 Å². The normalized spacial score (nSPS) is 13.0. The Labute approximate surface area is 148 Å². The van der Waals surface area contributed by atoms with Gasteiger partial charge >= 0.3 is 0 Å². The molecule has 2 radical (unpaired) electrons. The van der Waals surface area contributed by atoms with Crippen molar-refractivity contribution in [2.75, 3.05) is 0 Å². The van der Waals surface area contributed by atoms with Gasteiger partial charge in [0.25, 0.3) is 0 Å². The van der Waals surface area contributed by atoms with Crippen molar-refractivity contribution >= 4 is 0 Å². The Kier molecular flexibility index (Phi) is 19.6. The van der Waals surface area contributed by atoms with E-state index >= 15 is 0 Å². The molecule has 0 heteroatoms. The largest absolute Gasteiger partial charge is 0.0885 e. The molecule has 0 amide bonds. The lowest BCUT2D eigenvalue weighted by atomic mass is 9.97. The van der Waals surface area contributed by atoms with Crippen LogP contribution in [-0.4, -0.2) is 0 Å². The molecule has 136 valence electrons. The third-order valence-electron chi connectivity index (χ3n) is 4.81. The first-order valence-corrected chi connectivity index (χ1v) is 10.5. The van der Waals surface area contributed by atoms with Crippen LogP contribution < -0.4 is 0 Å². The molecule has 23 heavy (non-hydrogen) atoms. The van der Waals surface area contributed by atoms with Crippen molar-refractivity contribution in [3.63, 3.8) is 0 Å². The van der Waals surface area contributed by atoms with Gasteiger partial charge in [0.1, 0.15) is 0 Å². The second-order valence-corrected chi connectivity index (χ2v) is 7.33. The minimum Gasteiger partial charge on any atom is -0.0885 e. The second-order valence-electron chi connectivity index (χ2n) is 7.33. The van der Waals surface area contributed by atoms with Gasteiger partial charge < -0.3 is 0 Å². The van der Waals surface area contributed by atoms with Gasteiger partial charge in [-0.05, 0) is 31.6 Å². The summed E-state index contributed by atoms with van der Waals surface area (Å²) in [6.45, 7) is 10.2. The second kappa shape index (κ2) is 19.8. The molecule has 0 spiro atoms. The zero-order valence-corrected chi connectivity index (χ0v) is 16.2. The number of hydrogen-bond donors (Lipinski definition) is 0. The van der Waals surface area contributed by atoms with Gasteiger partial charge in [-0.25, -0.2) is 0 Å². The summed E-state index contributed by atoms with van der Waals surface area (Å²) in [4.78, 5) is 0. The van der Waals surface area contributed by atoms with Gasteiger partial charge in [-0.15, -0.1) is 0 Å². The zero-order chi connectivity index (χ0) is 17.0. The Bertz CT molecular complexity index is 228. The van der Waals surface area contributed by atoms with Gasteiger partial charge in [0.05, 0.1) is 0 Å². The van der Waals surface area contributed by atoms with E-state index in [4.69, 9.17) is 0 Å². The summed E-state index contributed by atoms with van der Waals surface area (Å²) >= 11 is 0. The van der Waals surface area contributed by atoms with Crippen molar-refractivity contribution in [1.29, 1.82) is 0 Å². The third kappa shape index (κ3) is 19.7. The first-order chi connectivity index (χ1) is 11.3. The molecule has 1 unspecified atom stereocenters. The van der Waals surface area contributed by atoms with Crippen LogP contribution in [-0.2, 0) is 0 Å². The standard InChI is InChI=1S/C23H44/c1-4-6-8-10-12-13-14-16-18-20-22-23(3)21-19-17-15-11-9-7-5-2/h16,18,23H,1-2,4-15,17,19-22H2,3H3/b18-16+. The van der Waals surface area contributed by atoms with Crippen LogP contribution in [0.5, 0.6) is 0 Å². The van der Waals surface area contributed by atoms with Gasteiger partial charge in [0.15, 0.2) is 0 Å². The van der Waals surface area contributed by atoms with Crippen molar-refractivity contribution in [3.05, 3.63) is 26.0 Å². The molecule has 0 heterocycles. The Morgan fingerprint density at radius 1 is 0.565 bits per heavy atom. The molecule has 0 saturated heterocycles. The Balaban J connectivity index is 3.22. The fourth-order valence-electron chi connectivity index (χ4n) is 3.11. The summed E-state index contributed by atoms with van der Waals surface area (Å²) in [7, 11) is 0. The fourth-order valence-corrected chi connectivity index (χ4v) is 3.11. The Morgan fingerprint density at radius 3 is 1.65 bits per heavy atom. The van der Waals surface area contributed by atoms with Gasteiger partial charge in [-0.2, -0.15) is 0 Å². The highest BCUT2D eigenvalue weighted by Gasteiger charge is 2.00. The van der Waals surface area contributed by atoms with E-state index in [-0.39, 0.29) is 0 Å². The monoisotopic (exact) mass is 320 g/mol. The smallest absolute Gasteiger partial charge is 0.0348 e. The first-order valence-electron chi connectivity index (χ1n) is 10.5. The molecule has 0 bridgehead atoms. The molecule has 0 fully saturated rings. The predicted octanol–water partition coefficient (Wildman–Crippen LogP) is 8.48. The minimum atomic E-state index is 0.905. The van der Waals surface area contributed by atoms with Gasteiger partial charge in [0, 0.05) is 0 Å². The molecule has 0 aromatic heterocycles. The number of hydrogen-bond acceptors (Lipinski definition) is 0. The van der Waals surface area contributed by atoms with E-state index in [1.807, 2.05) is 0 Å². The minimum absolute atomic E-state index is 0.905. The van der Waals surface area contributed by atoms with Crippen molar-refractivity contribution in [3.8, 4) is 0 Å². The van der Waals surface area contributed by atoms with Gasteiger partial charge in [-0.3, -0.25) is 0 Å². The molecule has 0 aliphatic heterocycles. The predicted molar refractivity (Wildman–Crippen MR) is 108 cm³/mol. The molecule has 0 nitrogen and oxygen atoms in total. The molecule has 0 rings (SSSR count). The highest BCUT2D eigenvalue weighted by atomic mass is 14.1. The van der Waals surface area contributed by atoms with Crippen LogP contribution >= 0.6 is 0 Å². The van der Waals surface area contributed by atoms with E-state index in [9.17, 15) is 0 Å². The Hall–Kier alpha value is -0.260. The summed E-state index contributed by atoms with van der Waals surface area (Å²) in [6.07, 6.45) is 27.7. The molecule has 0 aromatic rings. The summed E-state index contributed by atoms with van der Waals surface area (Å²) < 4.78 is 0. The van der Waals surface area contributed by atoms with E-state index < -0.39 is 0 Å². The van der Waals surface area contributed by atoms with Crippen LogP contribution in [0.1, 0.15) is 116 Å². The van der Waals surface area contributed by atoms with E-state index in [0.717, 1.165) is 18.8 Å². The lowest BCUT2D eigenvalue weighted by molar-refractivity contribution is 0.458. The van der Waals surface area contributed by atoms with E-state index in [1.54, 1.807) is 0 Å². The quantitative estimate of drug-likeness (QED) is 0.175. The summed E-state index contributed by atoms with van der Waals surface area (Å²) in [5.74, 6) is 0.905. The van der Waals surface area contributed by atoms with Crippen LogP contribution in [0, 0.1) is 19.8 Å². The van der Waals surface area contributed by atoms with Crippen LogP contribution in [0.3, 0.4) is 0 Å². The molecule has 0 aliphatic carbocycles. The van der Waals surface area contributed by atoms with Crippen molar-refractivity contribution in [1.82, 2.24) is 0 Å². The molecule has 0 aliphatic rings. The molecule has 0 aromatic carbocycles. The number of allylic oxidation sites excluding steroid dienone is 2. The summed E-state index contributed by atoms with van der Waals surface area (Å²) in [5, 5.41) is 0. The highest BCUT2D eigenvalue weighted by molar-refractivity contribution is 4.81. The zero-order valence-electron chi connectivity index (χ0n) is 16.2. The molecular formula is C23H44. The SMILES string of the molecule is [CH2]CCCCCCC/C=C/CCC(C)CCCCCCCC[CH2]. The van der Waals surface area contributed by atoms with Crippen LogP contribution in [0.2, 0.25) is 0 Å². The maximum absolute atomic E-state index is 3.90. The first kappa shape index (κ1) is 22.7. The Morgan fingerprint density at radius 2 is 1.04 bits per heavy atom. The van der Waals surface area contributed by atoms with Crippen molar-refractivity contribution in [2.24, 2.45) is 5.92 Å². The van der Waals surface area contributed by atoms with Crippen LogP contribution in [0.15, 0.2) is 12.2 Å². The molecule has 0 N–H and O–H groups in total. The maximum atomic E-state index is 3.90. The summed E-state index contributed by atoms with van der Waals surface area (Å²) in [6, 6.07) is 0. The maximum Gasteiger partial charge on any atom is -0.0348 e. The number of rotatable bonds is 18. The van der Waals surface area contributed by atoms with E-state index in [2.05, 4.69) is 32.9 Å². The average molecular weight is 321 g/mol. The molecular weight excluding hydrogens is 276 g/mol. The molecule has 1 atom stereocenters. The lowest BCUT2D eigenvalue weighted by Crippen LogP contribution is -1.94. The fraction of sp³-hybridized carbons (Fsp3) is 0.826. The lowest BCUT2D eigenvalue weighted by Gasteiger charge is -2.09.